The molecular weight excluding hydrogens is 325 g/mol. The molecule has 0 saturated carbocycles. The fraction of sp³-hybridized carbons (Fsp3) is 0.417. The Labute approximate surface area is 127 Å². The molecule has 1 aliphatic rings. The maximum atomic E-state index is 12.5. The van der Waals surface area contributed by atoms with Crippen molar-refractivity contribution >= 4 is 39.2 Å². The number of aliphatic carboxylic acids is 1. The second-order valence-corrected chi connectivity index (χ2v) is 7.78. The molecule has 0 bridgehead atoms. The van der Waals surface area contributed by atoms with Crippen molar-refractivity contribution in [3.63, 3.8) is 0 Å². The summed E-state index contributed by atoms with van der Waals surface area (Å²) in [4.78, 5) is 11.1. The molecule has 110 valence electrons. The van der Waals surface area contributed by atoms with Crippen LogP contribution in [0.3, 0.4) is 0 Å². The van der Waals surface area contributed by atoms with Gasteiger partial charge >= 0.3 is 5.97 Å². The number of carbonyl (C=O) groups is 1. The van der Waals surface area contributed by atoms with Gasteiger partial charge in [0, 0.05) is 18.1 Å². The fourth-order valence-electron chi connectivity index (χ4n) is 2.12. The van der Waals surface area contributed by atoms with Crippen molar-refractivity contribution in [2.45, 2.75) is 18.2 Å². The van der Waals surface area contributed by atoms with Crippen molar-refractivity contribution in [3.8, 4) is 0 Å². The molecule has 20 heavy (non-hydrogen) atoms. The van der Waals surface area contributed by atoms with Gasteiger partial charge in [-0.3, -0.25) is 4.79 Å². The van der Waals surface area contributed by atoms with Gasteiger partial charge in [-0.1, -0.05) is 23.2 Å². The van der Waals surface area contributed by atoms with Crippen LogP contribution >= 0.6 is 23.2 Å². The van der Waals surface area contributed by atoms with E-state index in [2.05, 4.69) is 0 Å². The van der Waals surface area contributed by atoms with Crippen LogP contribution in [0.5, 0.6) is 0 Å². The lowest BCUT2D eigenvalue weighted by molar-refractivity contribution is -0.146. The van der Waals surface area contributed by atoms with E-state index in [0.717, 1.165) is 4.31 Å². The zero-order valence-corrected chi connectivity index (χ0v) is 13.0. The van der Waals surface area contributed by atoms with Crippen molar-refractivity contribution < 1.29 is 18.3 Å². The monoisotopic (exact) mass is 337 g/mol. The highest BCUT2D eigenvalue weighted by Gasteiger charge is 2.45. The van der Waals surface area contributed by atoms with Crippen LogP contribution in [0, 0.1) is 5.41 Å². The van der Waals surface area contributed by atoms with Crippen molar-refractivity contribution in [1.82, 2.24) is 4.31 Å². The van der Waals surface area contributed by atoms with Crippen LogP contribution in [0.4, 0.5) is 0 Å². The first-order valence-electron chi connectivity index (χ1n) is 5.85. The number of carboxylic acid groups (broad SMARTS) is 1. The largest absolute Gasteiger partial charge is 0.481 e. The Morgan fingerprint density at radius 3 is 2.55 bits per heavy atom. The summed E-state index contributed by atoms with van der Waals surface area (Å²) in [5, 5.41) is 9.52. The highest BCUT2D eigenvalue weighted by atomic mass is 35.5. The maximum absolute atomic E-state index is 12.5. The number of hydrogen-bond acceptors (Lipinski definition) is 3. The minimum absolute atomic E-state index is 0.0291. The number of sulfonamides is 1. The third-order valence-corrected chi connectivity index (χ3v) is 6.03. The maximum Gasteiger partial charge on any atom is 0.310 e. The number of halogens is 2. The molecule has 8 heteroatoms. The Balaban J connectivity index is 2.35. The molecule has 1 unspecified atom stereocenters. The van der Waals surface area contributed by atoms with Gasteiger partial charge < -0.3 is 5.11 Å². The van der Waals surface area contributed by atoms with Gasteiger partial charge in [0.1, 0.15) is 4.90 Å². The van der Waals surface area contributed by atoms with Gasteiger partial charge in [0.05, 0.1) is 10.4 Å². The summed E-state index contributed by atoms with van der Waals surface area (Å²) in [6.07, 6.45) is 0.271. The predicted octanol–water partition coefficient (Wildman–Crippen LogP) is 2.48. The Morgan fingerprint density at radius 1 is 1.40 bits per heavy atom. The second-order valence-electron chi connectivity index (χ2n) is 5.03. The van der Waals surface area contributed by atoms with E-state index in [0.29, 0.717) is 5.02 Å². The Bertz CT molecular complexity index is 661. The van der Waals surface area contributed by atoms with Crippen molar-refractivity contribution in [1.29, 1.82) is 0 Å². The fourth-order valence-corrected chi connectivity index (χ4v) is 4.43. The van der Waals surface area contributed by atoms with Gasteiger partial charge in [0.15, 0.2) is 0 Å². The molecule has 1 heterocycles. The molecule has 0 spiro atoms. The van der Waals surface area contributed by atoms with E-state index in [4.69, 9.17) is 28.3 Å². The highest BCUT2D eigenvalue weighted by Crippen LogP contribution is 2.35. The summed E-state index contributed by atoms with van der Waals surface area (Å²) < 4.78 is 26.1. The zero-order chi connectivity index (χ0) is 15.1. The van der Waals surface area contributed by atoms with Crippen LogP contribution < -0.4 is 0 Å². The van der Waals surface area contributed by atoms with Gasteiger partial charge in [-0.25, -0.2) is 8.42 Å². The van der Waals surface area contributed by atoms with E-state index in [1.165, 1.54) is 25.1 Å². The summed E-state index contributed by atoms with van der Waals surface area (Å²) in [7, 11) is -3.81. The van der Waals surface area contributed by atoms with Gasteiger partial charge in [-0.15, -0.1) is 0 Å². The van der Waals surface area contributed by atoms with Crippen LogP contribution in [0.15, 0.2) is 23.1 Å². The normalized spacial score (nSPS) is 23.9. The standard InChI is InChI=1S/C12H13Cl2NO4S/c1-12(11(16)17)4-5-15(7-12)20(18,19)10-3-2-8(13)6-9(10)14/h2-3,6H,4-5,7H2,1H3,(H,16,17). The number of hydrogen-bond donors (Lipinski definition) is 1. The molecule has 1 aromatic carbocycles. The number of benzene rings is 1. The summed E-state index contributed by atoms with van der Waals surface area (Å²) in [5.41, 5.74) is -1.06. The Kier molecular flexibility index (Phi) is 4.03. The van der Waals surface area contributed by atoms with Crippen LogP contribution in [0.1, 0.15) is 13.3 Å². The van der Waals surface area contributed by atoms with Crippen molar-refractivity contribution in [2.75, 3.05) is 13.1 Å². The third kappa shape index (κ3) is 2.65. The van der Waals surface area contributed by atoms with E-state index in [1.54, 1.807) is 0 Å². The zero-order valence-electron chi connectivity index (χ0n) is 10.6. The molecular formula is C12H13Cl2NO4S. The van der Waals surface area contributed by atoms with E-state index >= 15 is 0 Å². The quantitative estimate of drug-likeness (QED) is 0.919. The van der Waals surface area contributed by atoms with Gasteiger partial charge in [-0.2, -0.15) is 4.31 Å². The second kappa shape index (κ2) is 5.18. The molecule has 0 radical (unpaired) electrons. The van der Waals surface area contributed by atoms with Gasteiger partial charge in [0.2, 0.25) is 10.0 Å². The highest BCUT2D eigenvalue weighted by molar-refractivity contribution is 7.89. The molecule has 1 N–H and O–H groups in total. The molecule has 1 aromatic rings. The van der Waals surface area contributed by atoms with Crippen LogP contribution in [0.25, 0.3) is 0 Å². The van der Waals surface area contributed by atoms with Crippen LogP contribution in [0.2, 0.25) is 10.0 Å². The van der Waals surface area contributed by atoms with Crippen LogP contribution in [-0.2, 0) is 14.8 Å². The lowest BCUT2D eigenvalue weighted by Gasteiger charge is -2.20. The van der Waals surface area contributed by atoms with E-state index in [1.807, 2.05) is 0 Å². The molecule has 0 aliphatic carbocycles. The molecule has 1 atom stereocenters. The number of nitrogens with zero attached hydrogens (tertiary/aromatic N) is 1. The molecule has 5 nitrogen and oxygen atoms in total. The first kappa shape index (κ1) is 15.6. The predicted molar refractivity (Wildman–Crippen MR) is 75.6 cm³/mol. The van der Waals surface area contributed by atoms with E-state index in [-0.39, 0.29) is 29.4 Å². The SMILES string of the molecule is CC1(C(=O)O)CCN(S(=O)(=O)c2ccc(Cl)cc2Cl)C1. The molecule has 1 saturated heterocycles. The summed E-state index contributed by atoms with van der Waals surface area (Å²) in [6, 6.07) is 4.12. The van der Waals surface area contributed by atoms with Gasteiger partial charge in [0.25, 0.3) is 0 Å². The molecule has 0 aromatic heterocycles. The Hall–Kier alpha value is -0.820. The first-order chi connectivity index (χ1) is 9.17. The summed E-state index contributed by atoms with van der Waals surface area (Å²) in [5.74, 6) is -1.00. The minimum atomic E-state index is -3.81. The average Bonchev–Trinajstić information content (AvgIpc) is 2.73. The van der Waals surface area contributed by atoms with Crippen molar-refractivity contribution in [3.05, 3.63) is 28.2 Å². The smallest absolute Gasteiger partial charge is 0.310 e. The topological polar surface area (TPSA) is 74.7 Å². The first-order valence-corrected chi connectivity index (χ1v) is 8.05. The molecule has 1 fully saturated rings. The van der Waals surface area contributed by atoms with E-state index < -0.39 is 21.4 Å². The van der Waals surface area contributed by atoms with Crippen molar-refractivity contribution in [2.24, 2.45) is 5.41 Å². The van der Waals surface area contributed by atoms with Gasteiger partial charge in [-0.05, 0) is 31.5 Å². The summed E-state index contributed by atoms with van der Waals surface area (Å²) >= 11 is 11.7. The average molecular weight is 338 g/mol. The van der Waals surface area contributed by atoms with E-state index in [9.17, 15) is 13.2 Å². The van der Waals surface area contributed by atoms with Crippen LogP contribution in [-0.4, -0.2) is 36.9 Å². The Morgan fingerprint density at radius 2 is 2.05 bits per heavy atom. The summed E-state index contributed by atoms with van der Waals surface area (Å²) in [6.45, 7) is 1.63. The minimum Gasteiger partial charge on any atom is -0.481 e. The third-order valence-electron chi connectivity index (χ3n) is 3.47. The molecule has 0 amide bonds. The molecule has 2 rings (SSSR count). The lowest BCUT2D eigenvalue weighted by Crippen LogP contribution is -2.35. The number of rotatable bonds is 3. The lowest BCUT2D eigenvalue weighted by atomic mass is 9.90. The number of carboxylic acids is 1. The molecule has 1 aliphatic heterocycles.